The molecule has 0 aromatic heterocycles. The zero-order chi connectivity index (χ0) is 13.9. The van der Waals surface area contributed by atoms with Gasteiger partial charge in [0.15, 0.2) is 6.04 Å². The van der Waals surface area contributed by atoms with Crippen molar-refractivity contribution in [1.29, 1.82) is 0 Å². The molecule has 6 nitrogen and oxygen atoms in total. The van der Waals surface area contributed by atoms with Crippen molar-refractivity contribution in [2.24, 2.45) is 5.41 Å². The molecule has 1 unspecified atom stereocenters. The van der Waals surface area contributed by atoms with E-state index in [4.69, 9.17) is 5.11 Å². The second-order valence-electron chi connectivity index (χ2n) is 5.61. The van der Waals surface area contributed by atoms with Crippen LogP contribution >= 0.6 is 0 Å². The summed E-state index contributed by atoms with van der Waals surface area (Å²) < 4.78 is 0. The topological polar surface area (TPSA) is 98.7 Å². The molecule has 0 spiro atoms. The molecule has 1 aliphatic rings. The zero-order valence-corrected chi connectivity index (χ0v) is 11.1. The Balaban J connectivity index is 2.53. The van der Waals surface area contributed by atoms with E-state index in [2.05, 4.69) is 24.5 Å². The first-order valence-electron chi connectivity index (χ1n) is 6.22. The molecule has 2 amide bonds. The lowest BCUT2D eigenvalue weighted by atomic mass is 9.87. The molecule has 0 aliphatic heterocycles. The van der Waals surface area contributed by atoms with Gasteiger partial charge in [0.2, 0.25) is 0 Å². The van der Waals surface area contributed by atoms with Gasteiger partial charge in [0.25, 0.3) is 0 Å². The van der Waals surface area contributed by atoms with Crippen LogP contribution in [0.25, 0.3) is 0 Å². The maximum absolute atomic E-state index is 11.7. The van der Waals surface area contributed by atoms with Crippen LogP contribution in [0.1, 0.15) is 40.0 Å². The predicted octanol–water partition coefficient (Wildman–Crippen LogP) is 0.698. The maximum Gasteiger partial charge on any atom is 0.328 e. The van der Waals surface area contributed by atoms with Crippen molar-refractivity contribution in [2.45, 2.75) is 58.2 Å². The van der Waals surface area contributed by atoms with Gasteiger partial charge in [0, 0.05) is 6.04 Å². The van der Waals surface area contributed by atoms with E-state index in [1.165, 1.54) is 6.92 Å². The Morgan fingerprint density at radius 3 is 2.39 bits per heavy atom. The highest BCUT2D eigenvalue weighted by molar-refractivity contribution is 5.83. The van der Waals surface area contributed by atoms with Crippen LogP contribution in [0.15, 0.2) is 0 Å². The van der Waals surface area contributed by atoms with Gasteiger partial charge in [0.1, 0.15) is 0 Å². The van der Waals surface area contributed by atoms with Gasteiger partial charge < -0.3 is 20.8 Å². The Labute approximate surface area is 107 Å². The van der Waals surface area contributed by atoms with Gasteiger partial charge in [0.05, 0.1) is 6.10 Å². The number of hydrogen-bond donors (Lipinski definition) is 4. The summed E-state index contributed by atoms with van der Waals surface area (Å²) in [5.74, 6) is -1.24. The van der Waals surface area contributed by atoms with Crippen LogP contribution in [-0.4, -0.2) is 40.4 Å². The molecule has 1 aliphatic carbocycles. The molecule has 0 aromatic carbocycles. The lowest BCUT2D eigenvalue weighted by molar-refractivity contribution is -0.141. The van der Waals surface area contributed by atoms with Gasteiger partial charge in [-0.1, -0.05) is 20.3 Å². The molecule has 104 valence electrons. The van der Waals surface area contributed by atoms with Crippen molar-refractivity contribution in [2.75, 3.05) is 0 Å². The van der Waals surface area contributed by atoms with Crippen molar-refractivity contribution in [3.63, 3.8) is 0 Å². The zero-order valence-electron chi connectivity index (χ0n) is 11.1. The largest absolute Gasteiger partial charge is 0.480 e. The molecular formula is C12H22N2O4. The number of carbonyl (C=O) groups is 2. The first kappa shape index (κ1) is 14.8. The van der Waals surface area contributed by atoms with Gasteiger partial charge in [-0.25, -0.2) is 9.59 Å². The summed E-state index contributed by atoms with van der Waals surface area (Å²) >= 11 is 0. The van der Waals surface area contributed by atoms with E-state index in [-0.39, 0.29) is 11.5 Å². The van der Waals surface area contributed by atoms with Crippen molar-refractivity contribution in [3.05, 3.63) is 0 Å². The van der Waals surface area contributed by atoms with Crippen LogP contribution in [0.3, 0.4) is 0 Å². The van der Waals surface area contributed by atoms with Crippen LogP contribution in [0, 0.1) is 5.41 Å². The normalized spacial score (nSPS) is 25.2. The standard InChI is InChI=1S/C12H22N2O4/c1-7(15)9(10(16)17)14-11(18)13-8-5-4-6-12(8,2)3/h7-9,15H,4-6H2,1-3H3,(H,16,17)(H2,13,14,18)/t7-,8?,9+/m1/s1. The van der Waals surface area contributed by atoms with E-state index in [9.17, 15) is 14.7 Å². The van der Waals surface area contributed by atoms with Gasteiger partial charge in [-0.3, -0.25) is 0 Å². The van der Waals surface area contributed by atoms with Gasteiger partial charge in [-0.15, -0.1) is 0 Å². The highest BCUT2D eigenvalue weighted by Gasteiger charge is 2.36. The highest BCUT2D eigenvalue weighted by Crippen LogP contribution is 2.37. The summed E-state index contributed by atoms with van der Waals surface area (Å²) in [4.78, 5) is 22.5. The molecule has 18 heavy (non-hydrogen) atoms. The van der Waals surface area contributed by atoms with Gasteiger partial charge in [-0.2, -0.15) is 0 Å². The van der Waals surface area contributed by atoms with E-state index >= 15 is 0 Å². The number of carboxylic acids is 1. The van der Waals surface area contributed by atoms with Crippen molar-refractivity contribution in [1.82, 2.24) is 10.6 Å². The number of hydrogen-bond acceptors (Lipinski definition) is 3. The number of rotatable bonds is 4. The first-order valence-corrected chi connectivity index (χ1v) is 6.22. The average Bonchev–Trinajstić information content (AvgIpc) is 2.54. The molecule has 1 saturated carbocycles. The Kier molecular flexibility index (Phi) is 4.56. The van der Waals surface area contributed by atoms with Crippen LogP contribution in [0.4, 0.5) is 4.79 Å². The molecule has 0 aromatic rings. The summed E-state index contributed by atoms with van der Waals surface area (Å²) in [6, 6.07) is -1.78. The highest BCUT2D eigenvalue weighted by atomic mass is 16.4. The minimum absolute atomic E-state index is 0.0287. The number of aliphatic hydroxyl groups is 1. The number of amides is 2. The van der Waals surface area contributed by atoms with E-state index in [0.717, 1.165) is 19.3 Å². The fraction of sp³-hybridized carbons (Fsp3) is 0.833. The monoisotopic (exact) mass is 258 g/mol. The Bertz CT molecular complexity index is 328. The Morgan fingerprint density at radius 1 is 1.39 bits per heavy atom. The third-order valence-electron chi connectivity index (χ3n) is 3.60. The number of nitrogens with one attached hydrogen (secondary N) is 2. The Hall–Kier alpha value is -1.30. The molecule has 3 atom stereocenters. The minimum atomic E-state index is -1.28. The number of carbonyl (C=O) groups excluding carboxylic acids is 1. The van der Waals surface area contributed by atoms with Crippen molar-refractivity contribution in [3.8, 4) is 0 Å². The number of aliphatic hydroxyl groups excluding tert-OH is 1. The third-order valence-corrected chi connectivity index (χ3v) is 3.60. The lowest BCUT2D eigenvalue weighted by Crippen LogP contribution is -2.54. The van der Waals surface area contributed by atoms with Crippen LogP contribution in [-0.2, 0) is 4.79 Å². The van der Waals surface area contributed by atoms with Gasteiger partial charge >= 0.3 is 12.0 Å². The first-order chi connectivity index (χ1) is 8.24. The van der Waals surface area contributed by atoms with Crippen molar-refractivity contribution < 1.29 is 19.8 Å². The molecule has 0 heterocycles. The molecular weight excluding hydrogens is 236 g/mol. The number of aliphatic carboxylic acids is 1. The van der Waals surface area contributed by atoms with Crippen LogP contribution in [0.2, 0.25) is 0 Å². The minimum Gasteiger partial charge on any atom is -0.480 e. The predicted molar refractivity (Wildman–Crippen MR) is 66.2 cm³/mol. The van der Waals surface area contributed by atoms with Crippen LogP contribution < -0.4 is 10.6 Å². The maximum atomic E-state index is 11.7. The van der Waals surface area contributed by atoms with Gasteiger partial charge in [-0.05, 0) is 25.2 Å². The van der Waals surface area contributed by atoms with Crippen molar-refractivity contribution >= 4 is 12.0 Å². The Morgan fingerprint density at radius 2 is 2.00 bits per heavy atom. The SMILES string of the molecule is C[C@@H](O)[C@H](NC(=O)NC1CCCC1(C)C)C(=O)O. The smallest absolute Gasteiger partial charge is 0.328 e. The third kappa shape index (κ3) is 3.60. The van der Waals surface area contributed by atoms with E-state index < -0.39 is 24.1 Å². The second kappa shape index (κ2) is 5.56. The molecule has 0 bridgehead atoms. The summed E-state index contributed by atoms with van der Waals surface area (Å²) in [5, 5.41) is 23.2. The molecule has 4 N–H and O–H groups in total. The fourth-order valence-corrected chi connectivity index (χ4v) is 2.32. The van der Waals surface area contributed by atoms with E-state index in [0.29, 0.717) is 0 Å². The van der Waals surface area contributed by atoms with Crippen LogP contribution in [0.5, 0.6) is 0 Å². The molecule has 0 radical (unpaired) electrons. The average molecular weight is 258 g/mol. The summed E-state index contributed by atoms with van der Waals surface area (Å²) in [6.07, 6.45) is 1.85. The summed E-state index contributed by atoms with van der Waals surface area (Å²) in [5.41, 5.74) is 0.0287. The quantitative estimate of drug-likeness (QED) is 0.596. The second-order valence-corrected chi connectivity index (χ2v) is 5.61. The number of carboxylic acid groups (broad SMARTS) is 1. The van der Waals surface area contributed by atoms with E-state index in [1.807, 2.05) is 0 Å². The molecule has 1 rings (SSSR count). The lowest BCUT2D eigenvalue weighted by Gasteiger charge is -2.28. The number of urea groups is 1. The van der Waals surface area contributed by atoms with E-state index in [1.54, 1.807) is 0 Å². The fourth-order valence-electron chi connectivity index (χ4n) is 2.32. The molecule has 6 heteroatoms. The molecule has 1 fully saturated rings. The molecule has 0 saturated heterocycles. The summed E-state index contributed by atoms with van der Waals surface area (Å²) in [7, 11) is 0. The summed E-state index contributed by atoms with van der Waals surface area (Å²) in [6.45, 7) is 5.49.